The Morgan fingerprint density at radius 1 is 0.529 bits per heavy atom. The van der Waals surface area contributed by atoms with Crippen molar-refractivity contribution in [2.45, 2.75) is 194 Å². The van der Waals surface area contributed by atoms with Gasteiger partial charge in [-0.05, 0) is 107 Å². The first kappa shape index (κ1) is 42.7. The monoisotopic (exact) mass is 707 g/mol. The lowest BCUT2D eigenvalue weighted by Crippen LogP contribution is -2.64. The molecule has 2 aliphatic heterocycles. The molecule has 0 saturated carbocycles. The average Bonchev–Trinajstić information content (AvgIpc) is 3.04. The standard InChI is InChI=1S/C41H74N10/c1-13-17-23-47(24-18-14-2)35-44-36(48(25-19-15-3)33-29-38(5,6)50(27-21-42)39(7,8)30-33)46-37(45-35)49(26-20-16-4)34-31-40(9,10)51(28-22-43)41(11,12)32-34/h33-34H,13-20,23-32H2,1-12H3. The van der Waals surface area contributed by atoms with E-state index in [1.807, 2.05) is 0 Å². The first-order chi connectivity index (χ1) is 24.0. The molecule has 3 rings (SSSR count). The minimum atomic E-state index is -0.151. The van der Waals surface area contributed by atoms with Crippen molar-refractivity contribution in [2.24, 2.45) is 0 Å². The van der Waals surface area contributed by atoms with E-state index in [9.17, 15) is 10.5 Å². The maximum Gasteiger partial charge on any atom is 0.232 e. The van der Waals surface area contributed by atoms with Gasteiger partial charge >= 0.3 is 0 Å². The van der Waals surface area contributed by atoms with Crippen molar-refractivity contribution in [3.05, 3.63) is 0 Å². The zero-order valence-corrected chi connectivity index (χ0v) is 34.9. The van der Waals surface area contributed by atoms with E-state index in [1.165, 1.54) is 0 Å². The highest BCUT2D eigenvalue weighted by molar-refractivity contribution is 5.48. The summed E-state index contributed by atoms with van der Waals surface area (Å²) in [5.74, 6) is 2.41. The summed E-state index contributed by atoms with van der Waals surface area (Å²) in [6.45, 7) is 31.9. The highest BCUT2D eigenvalue weighted by Gasteiger charge is 2.49. The van der Waals surface area contributed by atoms with E-state index < -0.39 is 0 Å². The van der Waals surface area contributed by atoms with Crippen LogP contribution in [0.4, 0.5) is 17.8 Å². The van der Waals surface area contributed by atoms with Crippen molar-refractivity contribution in [1.82, 2.24) is 24.8 Å². The number of nitrogens with zero attached hydrogens (tertiary/aromatic N) is 10. The number of unbranched alkanes of at least 4 members (excludes halogenated alkanes) is 4. The van der Waals surface area contributed by atoms with E-state index in [4.69, 9.17) is 15.0 Å². The van der Waals surface area contributed by atoms with E-state index in [2.05, 4.69) is 120 Å². The van der Waals surface area contributed by atoms with Gasteiger partial charge in [0.15, 0.2) is 0 Å². The van der Waals surface area contributed by atoms with Crippen molar-refractivity contribution in [2.75, 3.05) is 54.0 Å². The summed E-state index contributed by atoms with van der Waals surface area (Å²) in [5, 5.41) is 19.5. The van der Waals surface area contributed by atoms with Crippen LogP contribution in [0.3, 0.4) is 0 Å². The van der Waals surface area contributed by atoms with Crippen LogP contribution in [0, 0.1) is 22.7 Å². The Bertz CT molecular complexity index is 1180. The van der Waals surface area contributed by atoms with Crippen LogP contribution in [0.5, 0.6) is 0 Å². The zero-order valence-electron chi connectivity index (χ0n) is 34.9. The molecule has 1 aromatic heterocycles. The average molecular weight is 707 g/mol. The summed E-state index contributed by atoms with van der Waals surface area (Å²) in [6.07, 6.45) is 12.5. The molecule has 0 unspecified atom stereocenters. The number of anilines is 3. The predicted molar refractivity (Wildman–Crippen MR) is 213 cm³/mol. The van der Waals surface area contributed by atoms with Crippen LogP contribution in [0.25, 0.3) is 0 Å². The van der Waals surface area contributed by atoms with Gasteiger partial charge in [-0.3, -0.25) is 9.80 Å². The molecule has 10 heteroatoms. The molecule has 0 spiro atoms. The Hall–Kier alpha value is -2.69. The highest BCUT2D eigenvalue weighted by atomic mass is 15.4. The fraction of sp³-hybridized carbons (Fsp3) is 0.878. The fourth-order valence-electron chi connectivity index (χ4n) is 9.27. The third-order valence-corrected chi connectivity index (χ3v) is 11.7. The molecule has 0 bridgehead atoms. The molecule has 0 N–H and O–H groups in total. The topological polar surface area (TPSA) is 102 Å². The minimum absolute atomic E-state index is 0.151. The van der Waals surface area contributed by atoms with Gasteiger partial charge in [0.1, 0.15) is 0 Å². The lowest BCUT2D eigenvalue weighted by Gasteiger charge is -2.56. The Morgan fingerprint density at radius 2 is 0.824 bits per heavy atom. The van der Waals surface area contributed by atoms with E-state index in [-0.39, 0.29) is 34.2 Å². The normalized spacial score (nSPS) is 20.4. The molecule has 51 heavy (non-hydrogen) atoms. The molecular formula is C41H74N10. The lowest BCUT2D eigenvalue weighted by molar-refractivity contribution is -0.0250. The second kappa shape index (κ2) is 18.4. The molecule has 10 nitrogen and oxygen atoms in total. The molecule has 0 atom stereocenters. The van der Waals surface area contributed by atoms with Crippen molar-refractivity contribution in [3.8, 4) is 12.1 Å². The Balaban J connectivity index is 2.25. The van der Waals surface area contributed by atoms with Gasteiger partial charge in [0, 0.05) is 60.4 Å². The molecule has 1 aromatic rings. The van der Waals surface area contributed by atoms with Gasteiger partial charge in [-0.25, -0.2) is 0 Å². The van der Waals surface area contributed by atoms with Crippen LogP contribution >= 0.6 is 0 Å². The van der Waals surface area contributed by atoms with Gasteiger partial charge in [0.05, 0.1) is 25.2 Å². The number of rotatable bonds is 19. The maximum atomic E-state index is 9.76. The van der Waals surface area contributed by atoms with E-state index in [0.717, 1.165) is 121 Å². The van der Waals surface area contributed by atoms with Crippen molar-refractivity contribution >= 4 is 17.8 Å². The van der Waals surface area contributed by atoms with Gasteiger partial charge in [-0.15, -0.1) is 0 Å². The van der Waals surface area contributed by atoms with Crippen LogP contribution in [-0.4, -0.2) is 98.3 Å². The molecule has 2 saturated heterocycles. The predicted octanol–water partition coefficient (Wildman–Crippen LogP) is 8.58. The minimum Gasteiger partial charge on any atom is -0.341 e. The number of piperidine rings is 2. The van der Waals surface area contributed by atoms with E-state index in [1.54, 1.807) is 0 Å². The summed E-state index contributed by atoms with van der Waals surface area (Å²) in [5.41, 5.74) is -0.606. The molecular weight excluding hydrogens is 633 g/mol. The second-order valence-corrected chi connectivity index (χ2v) is 17.9. The second-order valence-electron chi connectivity index (χ2n) is 17.9. The van der Waals surface area contributed by atoms with Gasteiger partial charge < -0.3 is 14.7 Å². The zero-order chi connectivity index (χ0) is 38.0. The quantitative estimate of drug-likeness (QED) is 0.130. The van der Waals surface area contributed by atoms with Crippen LogP contribution < -0.4 is 14.7 Å². The molecule has 288 valence electrons. The molecule has 3 heterocycles. The third kappa shape index (κ3) is 10.7. The van der Waals surface area contributed by atoms with E-state index in [0.29, 0.717) is 13.1 Å². The van der Waals surface area contributed by atoms with Crippen LogP contribution in [0.2, 0.25) is 0 Å². The smallest absolute Gasteiger partial charge is 0.232 e. The summed E-state index contributed by atoms with van der Waals surface area (Å²) >= 11 is 0. The summed E-state index contributed by atoms with van der Waals surface area (Å²) in [4.78, 5) is 28.6. The van der Waals surface area contributed by atoms with Gasteiger partial charge in [-0.1, -0.05) is 53.4 Å². The molecule has 0 aliphatic carbocycles. The first-order valence-corrected chi connectivity index (χ1v) is 20.4. The number of likely N-dealkylation sites (tertiary alicyclic amines) is 2. The Morgan fingerprint density at radius 3 is 1.12 bits per heavy atom. The molecule has 0 aromatic carbocycles. The molecule has 2 fully saturated rings. The molecule has 2 aliphatic rings. The Labute approximate surface area is 313 Å². The Kier molecular flexibility index (Phi) is 15.4. The van der Waals surface area contributed by atoms with Crippen LogP contribution in [0.1, 0.15) is 160 Å². The SMILES string of the molecule is CCCCN(CCCC)c1nc(N(CCCC)C2CC(C)(C)N(CC#N)C(C)(C)C2)nc(N(CCCC)C2CC(C)(C)N(CC#N)C(C)(C)C2)n1. The molecule has 0 radical (unpaired) electrons. The van der Waals surface area contributed by atoms with Crippen LogP contribution in [-0.2, 0) is 0 Å². The maximum absolute atomic E-state index is 9.76. The van der Waals surface area contributed by atoms with Gasteiger partial charge in [-0.2, -0.15) is 25.5 Å². The summed E-state index contributed by atoms with van der Waals surface area (Å²) < 4.78 is 0. The largest absolute Gasteiger partial charge is 0.341 e. The number of nitriles is 2. The van der Waals surface area contributed by atoms with Crippen molar-refractivity contribution < 1.29 is 0 Å². The number of hydrogen-bond acceptors (Lipinski definition) is 10. The third-order valence-electron chi connectivity index (χ3n) is 11.7. The lowest BCUT2D eigenvalue weighted by atomic mass is 9.76. The van der Waals surface area contributed by atoms with Crippen molar-refractivity contribution in [3.63, 3.8) is 0 Å². The first-order valence-electron chi connectivity index (χ1n) is 20.4. The molecule has 0 amide bonds. The summed E-state index contributed by atoms with van der Waals surface area (Å²) in [6, 6.07) is 5.36. The highest BCUT2D eigenvalue weighted by Crippen LogP contribution is 2.43. The fourth-order valence-corrected chi connectivity index (χ4v) is 9.27. The number of aromatic nitrogens is 3. The van der Waals surface area contributed by atoms with Crippen molar-refractivity contribution in [1.29, 1.82) is 10.5 Å². The van der Waals surface area contributed by atoms with Gasteiger partial charge in [0.2, 0.25) is 17.8 Å². The van der Waals surface area contributed by atoms with Crippen LogP contribution in [0.15, 0.2) is 0 Å². The summed E-state index contributed by atoms with van der Waals surface area (Å²) in [7, 11) is 0. The number of hydrogen-bond donors (Lipinski definition) is 0. The van der Waals surface area contributed by atoms with Gasteiger partial charge in [0.25, 0.3) is 0 Å². The van der Waals surface area contributed by atoms with E-state index >= 15 is 0 Å².